The molecule has 7 aliphatic rings. The molecule has 12 atom stereocenters. The zero-order chi connectivity index (χ0) is 32.3. The smallest absolute Gasteiger partial charge is 0.229 e. The molecule has 4 saturated carbocycles. The van der Waals surface area contributed by atoms with Crippen LogP contribution < -0.4 is 10.6 Å². The molecule has 8 nitrogen and oxygen atoms in total. The molecule has 260 valence electrons. The number of likely N-dealkylation sites (N-methyl/N-ethyl adjacent to an activating group) is 1. The van der Waals surface area contributed by atoms with Crippen molar-refractivity contribution in [2.75, 3.05) is 52.9 Å². The molecule has 4 aliphatic carbocycles. The lowest BCUT2D eigenvalue weighted by molar-refractivity contribution is -0.273. The van der Waals surface area contributed by atoms with Gasteiger partial charge in [0.15, 0.2) is 5.79 Å². The molecule has 0 bridgehead atoms. The largest absolute Gasteiger partial charge is 0.356 e. The Morgan fingerprint density at radius 1 is 0.870 bits per heavy atom. The van der Waals surface area contributed by atoms with E-state index >= 15 is 0 Å². The molecule has 0 aromatic rings. The first-order chi connectivity index (χ1) is 22.0. The fraction of sp³-hybridized carbons (Fsp3) is 0.947. The van der Waals surface area contributed by atoms with Gasteiger partial charge in [-0.15, -0.1) is 0 Å². The highest BCUT2D eigenvalue weighted by Gasteiger charge is 2.69. The van der Waals surface area contributed by atoms with Gasteiger partial charge in [-0.3, -0.25) is 9.59 Å². The minimum Gasteiger partial charge on any atom is -0.356 e. The van der Waals surface area contributed by atoms with Crippen LogP contribution >= 0.6 is 0 Å². The summed E-state index contributed by atoms with van der Waals surface area (Å²) in [5, 5.41) is 6.27. The molecule has 1 unspecified atom stereocenters. The molecule has 3 aliphatic heterocycles. The Labute approximate surface area is 278 Å². The normalized spacial score (nSPS) is 47.5. The van der Waals surface area contributed by atoms with Crippen molar-refractivity contribution in [3.05, 3.63) is 0 Å². The number of rotatable bonds is 7. The van der Waals surface area contributed by atoms with Crippen molar-refractivity contribution in [2.24, 2.45) is 52.3 Å². The van der Waals surface area contributed by atoms with Crippen molar-refractivity contribution < 1.29 is 19.1 Å². The van der Waals surface area contributed by atoms with E-state index < -0.39 is 0 Å². The molecular formula is C38H64N4O4. The zero-order valence-corrected chi connectivity index (χ0v) is 29.7. The van der Waals surface area contributed by atoms with Crippen LogP contribution in [0.2, 0.25) is 0 Å². The van der Waals surface area contributed by atoms with E-state index in [9.17, 15) is 9.59 Å². The van der Waals surface area contributed by atoms with Crippen LogP contribution in [-0.2, 0) is 19.1 Å². The predicted molar refractivity (Wildman–Crippen MR) is 180 cm³/mol. The number of fused-ring (bicyclic) bond motifs is 7. The Kier molecular flexibility index (Phi) is 9.34. The number of nitrogens with one attached hydrogen (secondary N) is 2. The van der Waals surface area contributed by atoms with E-state index in [1.807, 2.05) is 0 Å². The maximum atomic E-state index is 12.9. The maximum Gasteiger partial charge on any atom is 0.229 e. The number of hydrogen-bond acceptors (Lipinski definition) is 6. The quantitative estimate of drug-likeness (QED) is 0.299. The van der Waals surface area contributed by atoms with Gasteiger partial charge < -0.3 is 29.9 Å². The first-order valence-electron chi connectivity index (χ1n) is 19.3. The van der Waals surface area contributed by atoms with Crippen LogP contribution in [0.15, 0.2) is 0 Å². The fourth-order valence-corrected chi connectivity index (χ4v) is 12.5. The van der Waals surface area contributed by atoms with E-state index in [1.165, 1.54) is 44.9 Å². The summed E-state index contributed by atoms with van der Waals surface area (Å²) in [7, 11) is 2.17. The van der Waals surface area contributed by atoms with Gasteiger partial charge in [-0.05, 0) is 124 Å². The third-order valence-corrected chi connectivity index (χ3v) is 15.2. The first kappa shape index (κ1) is 33.3. The fourth-order valence-electron chi connectivity index (χ4n) is 12.5. The van der Waals surface area contributed by atoms with Crippen molar-refractivity contribution >= 4 is 11.8 Å². The Balaban J connectivity index is 0.886. The maximum absolute atomic E-state index is 12.9. The highest BCUT2D eigenvalue weighted by Crippen LogP contribution is 2.71. The lowest BCUT2D eigenvalue weighted by atomic mass is 9.44. The van der Waals surface area contributed by atoms with Crippen LogP contribution in [-0.4, -0.2) is 92.5 Å². The van der Waals surface area contributed by atoms with Gasteiger partial charge >= 0.3 is 0 Å². The number of amides is 2. The zero-order valence-electron chi connectivity index (χ0n) is 29.7. The van der Waals surface area contributed by atoms with Crippen molar-refractivity contribution in [2.45, 2.75) is 123 Å². The van der Waals surface area contributed by atoms with Gasteiger partial charge in [-0.2, -0.15) is 0 Å². The second-order valence-electron chi connectivity index (χ2n) is 17.7. The summed E-state index contributed by atoms with van der Waals surface area (Å²) in [5.74, 6) is 4.19. The summed E-state index contributed by atoms with van der Waals surface area (Å²) in [6.45, 7) is 16.9. The van der Waals surface area contributed by atoms with Gasteiger partial charge in [0.25, 0.3) is 0 Å². The lowest BCUT2D eigenvalue weighted by Crippen LogP contribution is -2.56. The van der Waals surface area contributed by atoms with E-state index in [0.29, 0.717) is 47.2 Å². The molecular weight excluding hydrogens is 576 g/mol. The second kappa shape index (κ2) is 12.9. The average molecular weight is 641 g/mol. The molecule has 0 aromatic heterocycles. The number of piperazine rings is 1. The van der Waals surface area contributed by atoms with E-state index in [4.69, 9.17) is 9.47 Å². The predicted octanol–water partition coefficient (Wildman–Crippen LogP) is 5.06. The van der Waals surface area contributed by atoms with Crippen molar-refractivity contribution in [3.63, 3.8) is 0 Å². The second-order valence-corrected chi connectivity index (χ2v) is 17.7. The highest BCUT2D eigenvalue weighted by atomic mass is 16.7. The highest BCUT2D eigenvalue weighted by molar-refractivity contribution is 5.96. The van der Waals surface area contributed by atoms with E-state index in [0.717, 1.165) is 82.8 Å². The van der Waals surface area contributed by atoms with Crippen molar-refractivity contribution in [3.8, 4) is 0 Å². The Morgan fingerprint density at radius 3 is 2.41 bits per heavy atom. The van der Waals surface area contributed by atoms with Crippen LogP contribution in [0.5, 0.6) is 0 Å². The van der Waals surface area contributed by atoms with E-state index in [2.05, 4.69) is 55.2 Å². The average Bonchev–Trinajstić information content (AvgIpc) is 3.47. The van der Waals surface area contributed by atoms with Gasteiger partial charge in [-0.25, -0.2) is 0 Å². The molecule has 0 aromatic carbocycles. The lowest BCUT2D eigenvalue weighted by Gasteiger charge is -2.61. The number of carbonyl (C=O) groups is 2. The minimum absolute atomic E-state index is 0.0495. The third kappa shape index (κ3) is 5.98. The number of ether oxygens (including phenoxy) is 2. The Bertz CT molecular complexity index is 1120. The summed E-state index contributed by atoms with van der Waals surface area (Å²) in [6, 6.07) is 0.204. The SMILES string of the molecule is C[C@H]1CC[C@@]2(OC1)O[C@H]1C[C@H]3[C@@H]4CC[C@@H]5CC(NC(=O)CC(=O)NCCCN6CCN(C)CC6)CC[C@]5(C)[C@H]4CC[C@]3(C)[C@H]1[C@@H]2C. The number of carbonyl (C=O) groups excluding carboxylic acids is 2. The molecule has 2 N–H and O–H groups in total. The van der Waals surface area contributed by atoms with Crippen molar-refractivity contribution in [1.29, 1.82) is 0 Å². The summed E-state index contributed by atoms with van der Waals surface area (Å²) in [5.41, 5.74) is 0.724. The van der Waals surface area contributed by atoms with Gasteiger partial charge in [0, 0.05) is 51.1 Å². The van der Waals surface area contributed by atoms with Gasteiger partial charge in [0.05, 0.1) is 12.7 Å². The van der Waals surface area contributed by atoms with E-state index in [1.54, 1.807) is 0 Å². The molecule has 1 spiro atoms. The Morgan fingerprint density at radius 2 is 1.65 bits per heavy atom. The van der Waals surface area contributed by atoms with Crippen LogP contribution in [0.25, 0.3) is 0 Å². The molecule has 3 heterocycles. The van der Waals surface area contributed by atoms with Gasteiger partial charge in [0.1, 0.15) is 6.42 Å². The summed E-state index contributed by atoms with van der Waals surface area (Å²) >= 11 is 0. The molecule has 8 heteroatoms. The summed E-state index contributed by atoms with van der Waals surface area (Å²) < 4.78 is 13.5. The minimum atomic E-state index is -0.329. The van der Waals surface area contributed by atoms with Gasteiger partial charge in [-0.1, -0.05) is 27.7 Å². The molecule has 0 radical (unpaired) electrons. The van der Waals surface area contributed by atoms with Crippen LogP contribution in [0.3, 0.4) is 0 Å². The van der Waals surface area contributed by atoms with Crippen LogP contribution in [0.1, 0.15) is 105 Å². The summed E-state index contributed by atoms with van der Waals surface area (Å²) in [6.07, 6.45) is 13.4. The molecule has 46 heavy (non-hydrogen) atoms. The Hall–Kier alpha value is -1.22. The molecule has 3 saturated heterocycles. The van der Waals surface area contributed by atoms with Crippen LogP contribution in [0, 0.1) is 52.3 Å². The van der Waals surface area contributed by atoms with Crippen molar-refractivity contribution in [1.82, 2.24) is 20.4 Å². The number of nitrogens with zero attached hydrogens (tertiary/aromatic N) is 2. The summed E-state index contributed by atoms with van der Waals surface area (Å²) in [4.78, 5) is 30.3. The van der Waals surface area contributed by atoms with Gasteiger partial charge in [0.2, 0.25) is 11.8 Å². The first-order valence-corrected chi connectivity index (χ1v) is 19.3. The standard InChI is InChI=1S/C38H64N4O4/c1-25-9-14-38(45-24-25)26(2)35-32(46-38)22-31-29-8-7-27-21-28(10-12-36(27,3)30(29)11-13-37(31,35)4)40-34(44)23-33(43)39-15-6-16-42-19-17-41(5)18-20-42/h25-32,35H,6-24H2,1-5H3,(H,39,43)(H,40,44)/t25-,26-,27+,28?,29+,30-,31-,32-,35-,36-,37-,38+/m0/s1. The van der Waals surface area contributed by atoms with E-state index in [-0.39, 0.29) is 30.1 Å². The molecule has 7 rings (SSSR count). The topological polar surface area (TPSA) is 83.1 Å². The van der Waals surface area contributed by atoms with Crippen LogP contribution in [0.4, 0.5) is 0 Å². The third-order valence-electron chi connectivity index (χ3n) is 15.2. The monoisotopic (exact) mass is 640 g/mol. The molecule has 7 fully saturated rings. The number of hydrogen-bond donors (Lipinski definition) is 2. The molecule has 2 amide bonds.